The van der Waals surface area contributed by atoms with Gasteiger partial charge in [0.05, 0.1) is 6.04 Å². The molecule has 2 rings (SSSR count). The van der Waals surface area contributed by atoms with Crippen LogP contribution in [-0.4, -0.2) is 11.8 Å². The standard InChI is InChI=1S/C13H17NO/c1-9(2)7-13(15)12-8-10-5-3-4-6-11(10)14-12/h3-6,9,12,14H,7-8H2,1-2H3. The highest BCUT2D eigenvalue weighted by atomic mass is 16.1. The van der Waals surface area contributed by atoms with E-state index in [4.69, 9.17) is 0 Å². The predicted octanol–water partition coefficient (Wildman–Crippen LogP) is 2.64. The molecule has 1 unspecified atom stereocenters. The largest absolute Gasteiger partial charge is 0.375 e. The average Bonchev–Trinajstić information content (AvgIpc) is 2.59. The molecule has 2 nitrogen and oxygen atoms in total. The third-order valence-electron chi connectivity index (χ3n) is 2.77. The second kappa shape index (κ2) is 4.05. The normalized spacial score (nSPS) is 18.7. The smallest absolute Gasteiger partial charge is 0.155 e. The molecule has 0 fully saturated rings. The number of nitrogens with one attached hydrogen (secondary N) is 1. The van der Waals surface area contributed by atoms with Crippen molar-refractivity contribution >= 4 is 11.5 Å². The number of carbonyl (C=O) groups is 1. The van der Waals surface area contributed by atoms with Gasteiger partial charge >= 0.3 is 0 Å². The second-order valence-corrected chi connectivity index (χ2v) is 4.62. The van der Waals surface area contributed by atoms with Crippen molar-refractivity contribution in [3.8, 4) is 0 Å². The number of Topliss-reactive ketones (excluding diaryl/α,β-unsaturated/α-hetero) is 1. The molecule has 0 amide bonds. The second-order valence-electron chi connectivity index (χ2n) is 4.62. The van der Waals surface area contributed by atoms with E-state index in [0.717, 1.165) is 12.1 Å². The fourth-order valence-corrected chi connectivity index (χ4v) is 2.04. The Morgan fingerprint density at radius 2 is 2.20 bits per heavy atom. The lowest BCUT2D eigenvalue weighted by Crippen LogP contribution is -2.27. The van der Waals surface area contributed by atoms with Crippen LogP contribution in [0.3, 0.4) is 0 Å². The molecule has 0 aromatic heterocycles. The molecule has 0 saturated heterocycles. The summed E-state index contributed by atoms with van der Waals surface area (Å²) in [6.45, 7) is 4.17. The van der Waals surface area contributed by atoms with Crippen molar-refractivity contribution in [1.29, 1.82) is 0 Å². The van der Waals surface area contributed by atoms with Crippen LogP contribution in [0, 0.1) is 5.92 Å². The number of rotatable bonds is 3. The maximum Gasteiger partial charge on any atom is 0.155 e. The number of hydrogen-bond donors (Lipinski definition) is 1. The number of benzene rings is 1. The zero-order chi connectivity index (χ0) is 10.8. The molecule has 0 bridgehead atoms. The number of para-hydroxylation sites is 1. The number of ketones is 1. The molecule has 15 heavy (non-hydrogen) atoms. The van der Waals surface area contributed by atoms with Gasteiger partial charge in [-0.1, -0.05) is 32.0 Å². The van der Waals surface area contributed by atoms with Crippen LogP contribution >= 0.6 is 0 Å². The van der Waals surface area contributed by atoms with Gasteiger partial charge in [0.25, 0.3) is 0 Å². The molecule has 1 aliphatic rings. The summed E-state index contributed by atoms with van der Waals surface area (Å²) in [5.41, 5.74) is 2.39. The molecule has 0 radical (unpaired) electrons. The maximum atomic E-state index is 11.9. The molecular weight excluding hydrogens is 186 g/mol. The quantitative estimate of drug-likeness (QED) is 0.818. The van der Waals surface area contributed by atoms with Gasteiger partial charge in [-0.25, -0.2) is 0 Å². The van der Waals surface area contributed by atoms with E-state index in [1.807, 2.05) is 18.2 Å². The zero-order valence-corrected chi connectivity index (χ0v) is 9.29. The van der Waals surface area contributed by atoms with E-state index in [1.54, 1.807) is 0 Å². The number of carbonyl (C=O) groups excluding carboxylic acids is 1. The van der Waals surface area contributed by atoms with Crippen LogP contribution in [0.25, 0.3) is 0 Å². The summed E-state index contributed by atoms with van der Waals surface area (Å²) < 4.78 is 0. The summed E-state index contributed by atoms with van der Waals surface area (Å²) >= 11 is 0. The van der Waals surface area contributed by atoms with Gasteiger partial charge in [-0.15, -0.1) is 0 Å². The van der Waals surface area contributed by atoms with E-state index in [1.165, 1.54) is 5.56 Å². The molecule has 0 saturated carbocycles. The van der Waals surface area contributed by atoms with Crippen molar-refractivity contribution in [1.82, 2.24) is 0 Å². The Kier molecular flexibility index (Phi) is 2.76. The molecule has 2 heteroatoms. The minimum absolute atomic E-state index is 0.00444. The summed E-state index contributed by atoms with van der Waals surface area (Å²) in [6.07, 6.45) is 1.52. The summed E-state index contributed by atoms with van der Waals surface area (Å²) in [4.78, 5) is 11.9. The predicted molar refractivity (Wildman–Crippen MR) is 62.0 cm³/mol. The highest BCUT2D eigenvalue weighted by Gasteiger charge is 2.26. The molecule has 1 aromatic rings. The Bertz CT molecular complexity index is 346. The molecule has 1 N–H and O–H groups in total. The lowest BCUT2D eigenvalue weighted by Gasteiger charge is -2.11. The number of fused-ring (bicyclic) bond motifs is 1. The monoisotopic (exact) mass is 203 g/mol. The van der Waals surface area contributed by atoms with Gasteiger partial charge in [0.2, 0.25) is 0 Å². The van der Waals surface area contributed by atoms with Gasteiger partial charge in [-0.05, 0) is 17.5 Å². The Balaban J connectivity index is 2.04. The van der Waals surface area contributed by atoms with E-state index in [9.17, 15) is 4.79 Å². The van der Waals surface area contributed by atoms with E-state index in [0.29, 0.717) is 18.1 Å². The minimum Gasteiger partial charge on any atom is -0.375 e. The average molecular weight is 203 g/mol. The van der Waals surface area contributed by atoms with Crippen molar-refractivity contribution in [2.24, 2.45) is 5.92 Å². The Morgan fingerprint density at radius 1 is 1.47 bits per heavy atom. The summed E-state index contributed by atoms with van der Waals surface area (Å²) in [5.74, 6) is 0.782. The van der Waals surface area contributed by atoms with Gasteiger partial charge in [0.15, 0.2) is 5.78 Å². The van der Waals surface area contributed by atoms with Gasteiger partial charge in [0, 0.05) is 18.5 Å². The Labute approximate surface area is 90.7 Å². The van der Waals surface area contributed by atoms with Gasteiger partial charge in [0.1, 0.15) is 0 Å². The molecule has 1 aromatic carbocycles. The third kappa shape index (κ3) is 2.20. The molecule has 1 aliphatic heterocycles. The summed E-state index contributed by atoms with van der Waals surface area (Å²) in [7, 11) is 0. The number of hydrogen-bond acceptors (Lipinski definition) is 2. The van der Waals surface area contributed by atoms with E-state index < -0.39 is 0 Å². The summed E-state index contributed by atoms with van der Waals surface area (Å²) in [5, 5.41) is 3.29. The molecule has 0 aliphatic carbocycles. The van der Waals surface area contributed by atoms with Crippen molar-refractivity contribution < 1.29 is 4.79 Å². The van der Waals surface area contributed by atoms with Crippen LogP contribution in [0.4, 0.5) is 5.69 Å². The molecule has 80 valence electrons. The molecular formula is C13H17NO. The fourth-order valence-electron chi connectivity index (χ4n) is 2.04. The van der Waals surface area contributed by atoms with Gasteiger partial charge in [-0.2, -0.15) is 0 Å². The van der Waals surface area contributed by atoms with E-state index in [2.05, 4.69) is 25.2 Å². The van der Waals surface area contributed by atoms with Crippen molar-refractivity contribution in [3.63, 3.8) is 0 Å². The van der Waals surface area contributed by atoms with Crippen LogP contribution in [0.5, 0.6) is 0 Å². The Morgan fingerprint density at radius 3 is 2.87 bits per heavy atom. The minimum atomic E-state index is 0.00444. The molecule has 1 atom stereocenters. The fraction of sp³-hybridized carbons (Fsp3) is 0.462. The third-order valence-corrected chi connectivity index (χ3v) is 2.77. The van der Waals surface area contributed by atoms with Gasteiger partial charge in [-0.3, -0.25) is 4.79 Å². The van der Waals surface area contributed by atoms with Crippen LogP contribution < -0.4 is 5.32 Å². The van der Waals surface area contributed by atoms with Crippen molar-refractivity contribution in [2.75, 3.05) is 5.32 Å². The Hall–Kier alpha value is -1.31. The van der Waals surface area contributed by atoms with E-state index in [-0.39, 0.29) is 6.04 Å². The SMILES string of the molecule is CC(C)CC(=O)C1Cc2ccccc2N1. The molecule has 0 spiro atoms. The maximum absolute atomic E-state index is 11.9. The van der Waals surface area contributed by atoms with Crippen LogP contribution in [0.2, 0.25) is 0 Å². The highest BCUT2D eigenvalue weighted by molar-refractivity contribution is 5.89. The van der Waals surface area contributed by atoms with E-state index >= 15 is 0 Å². The van der Waals surface area contributed by atoms with Gasteiger partial charge < -0.3 is 5.32 Å². The van der Waals surface area contributed by atoms with Crippen molar-refractivity contribution in [3.05, 3.63) is 29.8 Å². The first kappa shape index (κ1) is 10.2. The highest BCUT2D eigenvalue weighted by Crippen LogP contribution is 2.26. The summed E-state index contributed by atoms with van der Waals surface area (Å²) in [6, 6.07) is 8.16. The zero-order valence-electron chi connectivity index (χ0n) is 9.29. The van der Waals surface area contributed by atoms with Crippen LogP contribution in [0.1, 0.15) is 25.8 Å². The van der Waals surface area contributed by atoms with Crippen LogP contribution in [-0.2, 0) is 11.2 Å². The first-order chi connectivity index (χ1) is 7.16. The van der Waals surface area contributed by atoms with Crippen molar-refractivity contribution in [2.45, 2.75) is 32.7 Å². The lowest BCUT2D eigenvalue weighted by atomic mass is 9.99. The first-order valence-electron chi connectivity index (χ1n) is 5.54. The number of anilines is 1. The van der Waals surface area contributed by atoms with Crippen LogP contribution in [0.15, 0.2) is 24.3 Å². The topological polar surface area (TPSA) is 29.1 Å². The first-order valence-corrected chi connectivity index (χ1v) is 5.54. The lowest BCUT2D eigenvalue weighted by molar-refractivity contribution is -0.120. The molecule has 1 heterocycles.